The van der Waals surface area contributed by atoms with Crippen LogP contribution in [-0.4, -0.2) is 35.7 Å². The van der Waals surface area contributed by atoms with Crippen LogP contribution in [0.3, 0.4) is 0 Å². The number of ether oxygens (including phenoxy) is 2. The SMILES string of the molecule is COc1cc2c(cc1OC)CN(c1cc(C)nc(NCc3ccncc3)n1)CC2. The predicted octanol–water partition coefficient (Wildman–Crippen LogP) is 3.37. The second kappa shape index (κ2) is 8.34. The van der Waals surface area contributed by atoms with Gasteiger partial charge in [0.25, 0.3) is 0 Å². The molecule has 0 saturated carbocycles. The summed E-state index contributed by atoms with van der Waals surface area (Å²) in [6, 6.07) is 10.1. The van der Waals surface area contributed by atoms with E-state index in [1.54, 1.807) is 26.6 Å². The van der Waals surface area contributed by atoms with Crippen LogP contribution in [0.25, 0.3) is 0 Å². The largest absolute Gasteiger partial charge is 0.493 e. The van der Waals surface area contributed by atoms with Crippen molar-refractivity contribution in [3.63, 3.8) is 0 Å². The lowest BCUT2D eigenvalue weighted by atomic mass is 9.99. The maximum atomic E-state index is 5.47. The van der Waals surface area contributed by atoms with E-state index in [4.69, 9.17) is 14.5 Å². The van der Waals surface area contributed by atoms with Crippen LogP contribution < -0.4 is 19.7 Å². The Morgan fingerprint density at radius 2 is 1.72 bits per heavy atom. The first-order chi connectivity index (χ1) is 14.2. The van der Waals surface area contributed by atoms with Crippen molar-refractivity contribution in [3.05, 3.63) is 65.1 Å². The minimum absolute atomic E-state index is 0.634. The van der Waals surface area contributed by atoms with Gasteiger partial charge in [-0.3, -0.25) is 4.98 Å². The molecule has 0 bridgehead atoms. The van der Waals surface area contributed by atoms with Crippen molar-refractivity contribution < 1.29 is 9.47 Å². The van der Waals surface area contributed by atoms with E-state index in [1.165, 1.54) is 11.1 Å². The van der Waals surface area contributed by atoms with E-state index < -0.39 is 0 Å². The first-order valence-corrected chi connectivity index (χ1v) is 9.63. The van der Waals surface area contributed by atoms with Crippen molar-refractivity contribution in [1.82, 2.24) is 15.0 Å². The number of rotatable bonds is 6. The van der Waals surface area contributed by atoms with Crippen LogP contribution >= 0.6 is 0 Å². The zero-order valence-electron chi connectivity index (χ0n) is 17.0. The molecule has 7 heteroatoms. The first kappa shape index (κ1) is 19.0. The number of aromatic nitrogens is 3. The Morgan fingerprint density at radius 1 is 1.00 bits per heavy atom. The molecule has 4 rings (SSSR count). The quantitative estimate of drug-likeness (QED) is 0.691. The minimum atomic E-state index is 0.634. The summed E-state index contributed by atoms with van der Waals surface area (Å²) in [6.07, 6.45) is 4.50. The molecular weight excluding hydrogens is 366 g/mol. The highest BCUT2D eigenvalue weighted by atomic mass is 16.5. The number of benzene rings is 1. The summed E-state index contributed by atoms with van der Waals surface area (Å²) in [5.41, 5.74) is 4.60. The van der Waals surface area contributed by atoms with Crippen molar-refractivity contribution in [1.29, 1.82) is 0 Å². The molecule has 150 valence electrons. The standard InChI is InChI=1S/C22H25N5O2/c1-15-10-21(26-22(25-15)24-13-16-4-7-23-8-5-16)27-9-6-17-11-19(28-2)20(29-3)12-18(17)14-27/h4-5,7-8,10-12H,6,9,13-14H2,1-3H3,(H,24,25,26). The molecular formula is C22H25N5O2. The molecule has 0 atom stereocenters. The van der Waals surface area contributed by atoms with Gasteiger partial charge >= 0.3 is 0 Å². The molecule has 0 unspecified atom stereocenters. The molecule has 0 amide bonds. The van der Waals surface area contributed by atoms with E-state index in [0.29, 0.717) is 12.5 Å². The molecule has 1 aromatic carbocycles. The second-order valence-corrected chi connectivity index (χ2v) is 7.05. The van der Waals surface area contributed by atoms with Crippen LogP contribution in [0.2, 0.25) is 0 Å². The van der Waals surface area contributed by atoms with E-state index in [9.17, 15) is 0 Å². The summed E-state index contributed by atoms with van der Waals surface area (Å²) < 4.78 is 10.9. The molecule has 29 heavy (non-hydrogen) atoms. The van der Waals surface area contributed by atoms with Crippen LogP contribution in [-0.2, 0) is 19.5 Å². The van der Waals surface area contributed by atoms with Crippen LogP contribution in [0.4, 0.5) is 11.8 Å². The molecule has 0 aliphatic carbocycles. The minimum Gasteiger partial charge on any atom is -0.493 e. The summed E-state index contributed by atoms with van der Waals surface area (Å²) >= 11 is 0. The van der Waals surface area contributed by atoms with Crippen molar-refractivity contribution in [2.75, 3.05) is 31.0 Å². The van der Waals surface area contributed by atoms with E-state index in [1.807, 2.05) is 25.1 Å². The smallest absolute Gasteiger partial charge is 0.225 e. The summed E-state index contributed by atoms with van der Waals surface area (Å²) in [7, 11) is 3.34. The van der Waals surface area contributed by atoms with Gasteiger partial charge in [-0.25, -0.2) is 4.98 Å². The van der Waals surface area contributed by atoms with Gasteiger partial charge in [0.15, 0.2) is 11.5 Å². The number of nitrogens with one attached hydrogen (secondary N) is 1. The zero-order valence-corrected chi connectivity index (χ0v) is 17.0. The lowest BCUT2D eigenvalue weighted by molar-refractivity contribution is 0.353. The zero-order chi connectivity index (χ0) is 20.2. The molecule has 0 radical (unpaired) electrons. The van der Waals surface area contributed by atoms with Crippen molar-refractivity contribution in [3.8, 4) is 11.5 Å². The molecule has 1 aliphatic rings. The van der Waals surface area contributed by atoms with Crippen molar-refractivity contribution in [2.45, 2.75) is 26.4 Å². The number of methoxy groups -OCH3 is 2. The first-order valence-electron chi connectivity index (χ1n) is 9.63. The Hall–Kier alpha value is -3.35. The fourth-order valence-electron chi connectivity index (χ4n) is 3.55. The van der Waals surface area contributed by atoms with Gasteiger partial charge in [0.2, 0.25) is 5.95 Å². The third-order valence-corrected chi connectivity index (χ3v) is 5.08. The molecule has 0 fully saturated rings. The van der Waals surface area contributed by atoms with E-state index in [-0.39, 0.29) is 0 Å². The van der Waals surface area contributed by atoms with Gasteiger partial charge in [-0.2, -0.15) is 4.98 Å². The number of anilines is 2. The molecule has 7 nitrogen and oxygen atoms in total. The Balaban J connectivity index is 1.54. The molecule has 0 spiro atoms. The molecule has 3 heterocycles. The highest BCUT2D eigenvalue weighted by molar-refractivity contribution is 5.53. The van der Waals surface area contributed by atoms with Crippen LogP contribution in [0, 0.1) is 6.92 Å². The molecule has 1 aliphatic heterocycles. The van der Waals surface area contributed by atoms with Crippen LogP contribution in [0.15, 0.2) is 42.7 Å². The highest BCUT2D eigenvalue weighted by Crippen LogP contribution is 2.34. The van der Waals surface area contributed by atoms with Gasteiger partial charge in [-0.1, -0.05) is 0 Å². The van der Waals surface area contributed by atoms with Gasteiger partial charge in [0.1, 0.15) is 5.82 Å². The van der Waals surface area contributed by atoms with Crippen LogP contribution in [0.5, 0.6) is 11.5 Å². The van der Waals surface area contributed by atoms with Crippen molar-refractivity contribution >= 4 is 11.8 Å². The predicted molar refractivity (Wildman–Crippen MR) is 113 cm³/mol. The number of hydrogen-bond acceptors (Lipinski definition) is 7. The number of hydrogen-bond donors (Lipinski definition) is 1. The number of pyridine rings is 1. The fourth-order valence-corrected chi connectivity index (χ4v) is 3.55. The topological polar surface area (TPSA) is 72.4 Å². The summed E-state index contributed by atoms with van der Waals surface area (Å²) in [4.78, 5) is 15.6. The Bertz CT molecular complexity index is 994. The van der Waals surface area contributed by atoms with Crippen LogP contribution in [0.1, 0.15) is 22.4 Å². The number of nitrogens with zero attached hydrogens (tertiary/aromatic N) is 4. The van der Waals surface area contributed by atoms with E-state index in [2.05, 4.69) is 32.3 Å². The summed E-state index contributed by atoms with van der Waals surface area (Å²) in [5.74, 6) is 3.09. The Labute approximate surface area is 170 Å². The average Bonchev–Trinajstić information content (AvgIpc) is 2.76. The Morgan fingerprint density at radius 3 is 2.45 bits per heavy atom. The normalized spacial score (nSPS) is 13.0. The molecule has 2 aromatic heterocycles. The average molecular weight is 391 g/mol. The maximum Gasteiger partial charge on any atom is 0.225 e. The lowest BCUT2D eigenvalue weighted by Gasteiger charge is -2.30. The molecule has 3 aromatic rings. The maximum absolute atomic E-state index is 5.47. The van der Waals surface area contributed by atoms with E-state index >= 15 is 0 Å². The van der Waals surface area contributed by atoms with Gasteiger partial charge in [0.05, 0.1) is 14.2 Å². The summed E-state index contributed by atoms with van der Waals surface area (Å²) in [6.45, 7) is 4.32. The molecule has 0 saturated heterocycles. The van der Waals surface area contributed by atoms with Gasteiger partial charge in [0, 0.05) is 43.8 Å². The third kappa shape index (κ3) is 4.23. The third-order valence-electron chi connectivity index (χ3n) is 5.08. The van der Waals surface area contributed by atoms with Gasteiger partial charge in [-0.15, -0.1) is 0 Å². The fraction of sp³-hybridized carbons (Fsp3) is 0.318. The van der Waals surface area contributed by atoms with E-state index in [0.717, 1.165) is 48.1 Å². The molecule has 1 N–H and O–H groups in total. The van der Waals surface area contributed by atoms with Crippen molar-refractivity contribution in [2.24, 2.45) is 0 Å². The highest BCUT2D eigenvalue weighted by Gasteiger charge is 2.21. The monoisotopic (exact) mass is 391 g/mol. The number of aryl methyl sites for hydroxylation is 1. The van der Waals surface area contributed by atoms with Gasteiger partial charge in [-0.05, 0) is 54.3 Å². The second-order valence-electron chi connectivity index (χ2n) is 7.05. The van der Waals surface area contributed by atoms with Gasteiger partial charge < -0.3 is 19.7 Å². The number of fused-ring (bicyclic) bond motifs is 1. The summed E-state index contributed by atoms with van der Waals surface area (Å²) in [5, 5.41) is 3.32. The Kier molecular flexibility index (Phi) is 5.46. The lowest BCUT2D eigenvalue weighted by Crippen LogP contribution is -2.31.